The molecule has 0 unspecified atom stereocenters. The van der Waals surface area contributed by atoms with E-state index in [1.807, 2.05) is 6.07 Å². The monoisotopic (exact) mass is 294 g/mol. The Hall–Kier alpha value is -2.00. The van der Waals surface area contributed by atoms with Crippen molar-refractivity contribution in [3.8, 4) is 11.3 Å². The Labute approximate surface area is 129 Å². The minimum atomic E-state index is -0.0551. The van der Waals surface area contributed by atoms with Gasteiger partial charge >= 0.3 is 0 Å². The van der Waals surface area contributed by atoms with E-state index in [9.17, 15) is 0 Å². The van der Waals surface area contributed by atoms with Crippen LogP contribution in [0.25, 0.3) is 22.0 Å². The second-order valence-electron chi connectivity index (χ2n) is 6.29. The van der Waals surface area contributed by atoms with Crippen LogP contribution in [0.4, 0.5) is 0 Å². The summed E-state index contributed by atoms with van der Waals surface area (Å²) in [4.78, 5) is 7.88. The van der Waals surface area contributed by atoms with Crippen molar-refractivity contribution in [1.82, 2.24) is 9.97 Å². The largest absolute Gasteiger partial charge is 0.343 e. The van der Waals surface area contributed by atoms with Crippen LogP contribution in [0.5, 0.6) is 0 Å². The zero-order valence-electron chi connectivity index (χ0n) is 12.5. The summed E-state index contributed by atoms with van der Waals surface area (Å²) in [5.41, 5.74) is 2.10. The number of H-pyrrole nitrogens is 1. The van der Waals surface area contributed by atoms with Gasteiger partial charge in [0.25, 0.3) is 0 Å². The Morgan fingerprint density at radius 2 is 1.67 bits per heavy atom. The van der Waals surface area contributed by atoms with Gasteiger partial charge < -0.3 is 4.98 Å². The van der Waals surface area contributed by atoms with Gasteiger partial charge in [-0.05, 0) is 28.5 Å². The van der Waals surface area contributed by atoms with Crippen molar-refractivity contribution in [2.45, 2.75) is 26.2 Å². The summed E-state index contributed by atoms with van der Waals surface area (Å²) in [5, 5.41) is 2.47. The summed E-state index contributed by atoms with van der Waals surface area (Å²) in [6.07, 6.45) is 0. The number of nitrogens with one attached hydrogen (secondary N) is 1. The van der Waals surface area contributed by atoms with Crippen LogP contribution >= 0.6 is 12.2 Å². The topological polar surface area (TPSA) is 28.7 Å². The standard InChI is InChI=1S/C18H18N2S/c1-18(2,3)17-19-15(11-16(21)20-17)14-9-8-12-6-4-5-7-13(12)10-14/h4-11H,1-3H3,(H,19,20,21). The number of hydrogen-bond donors (Lipinski definition) is 1. The van der Waals surface area contributed by atoms with E-state index in [-0.39, 0.29) is 5.41 Å². The Morgan fingerprint density at radius 3 is 2.38 bits per heavy atom. The van der Waals surface area contributed by atoms with Crippen molar-refractivity contribution >= 4 is 23.0 Å². The molecule has 0 radical (unpaired) electrons. The normalized spacial score (nSPS) is 11.8. The average Bonchev–Trinajstić information content (AvgIpc) is 2.45. The lowest BCUT2D eigenvalue weighted by atomic mass is 9.95. The maximum Gasteiger partial charge on any atom is 0.130 e. The maximum absolute atomic E-state index is 5.32. The zero-order chi connectivity index (χ0) is 15.0. The van der Waals surface area contributed by atoms with Crippen molar-refractivity contribution in [2.75, 3.05) is 0 Å². The Morgan fingerprint density at radius 1 is 0.952 bits per heavy atom. The number of aromatic nitrogens is 2. The van der Waals surface area contributed by atoms with Crippen LogP contribution < -0.4 is 0 Å². The average molecular weight is 294 g/mol. The molecule has 0 amide bonds. The van der Waals surface area contributed by atoms with E-state index in [2.05, 4.69) is 73.2 Å². The van der Waals surface area contributed by atoms with Gasteiger partial charge in [-0.3, -0.25) is 0 Å². The molecule has 0 fully saturated rings. The van der Waals surface area contributed by atoms with Gasteiger partial charge in [0.05, 0.1) is 0 Å². The van der Waals surface area contributed by atoms with Crippen LogP contribution in [0.3, 0.4) is 0 Å². The molecule has 2 nitrogen and oxygen atoms in total. The van der Waals surface area contributed by atoms with Crippen LogP contribution in [-0.2, 0) is 5.41 Å². The van der Waals surface area contributed by atoms with Crippen molar-refractivity contribution in [2.24, 2.45) is 0 Å². The molecule has 0 saturated carbocycles. The summed E-state index contributed by atoms with van der Waals surface area (Å²) >= 11 is 5.32. The maximum atomic E-state index is 5.32. The molecule has 2 aromatic carbocycles. The van der Waals surface area contributed by atoms with Crippen molar-refractivity contribution in [3.63, 3.8) is 0 Å². The van der Waals surface area contributed by atoms with E-state index in [4.69, 9.17) is 12.2 Å². The van der Waals surface area contributed by atoms with Gasteiger partial charge in [-0.1, -0.05) is 69.4 Å². The molecule has 0 atom stereocenters. The van der Waals surface area contributed by atoms with Crippen LogP contribution in [0, 0.1) is 4.64 Å². The van der Waals surface area contributed by atoms with E-state index >= 15 is 0 Å². The minimum Gasteiger partial charge on any atom is -0.343 e. The summed E-state index contributed by atoms with van der Waals surface area (Å²) in [7, 11) is 0. The van der Waals surface area contributed by atoms with Gasteiger partial charge in [0.15, 0.2) is 0 Å². The van der Waals surface area contributed by atoms with Gasteiger partial charge in [0.1, 0.15) is 10.5 Å². The van der Waals surface area contributed by atoms with Gasteiger partial charge in [0.2, 0.25) is 0 Å². The minimum absolute atomic E-state index is 0.0551. The third-order valence-corrected chi connectivity index (χ3v) is 3.72. The summed E-state index contributed by atoms with van der Waals surface area (Å²) in [6.45, 7) is 6.39. The lowest BCUT2D eigenvalue weighted by Gasteiger charge is -2.18. The number of aromatic amines is 1. The third-order valence-electron chi connectivity index (χ3n) is 3.51. The highest BCUT2D eigenvalue weighted by molar-refractivity contribution is 7.71. The number of benzene rings is 2. The lowest BCUT2D eigenvalue weighted by molar-refractivity contribution is 0.545. The SMILES string of the molecule is CC(C)(C)c1nc(=S)cc(-c2ccc3ccccc3c2)[nH]1. The van der Waals surface area contributed by atoms with E-state index in [1.165, 1.54) is 10.8 Å². The molecule has 3 heteroatoms. The van der Waals surface area contributed by atoms with E-state index in [0.717, 1.165) is 17.1 Å². The highest BCUT2D eigenvalue weighted by Crippen LogP contribution is 2.25. The Kier molecular flexibility index (Phi) is 3.38. The van der Waals surface area contributed by atoms with Gasteiger partial charge in [-0.15, -0.1) is 0 Å². The van der Waals surface area contributed by atoms with Gasteiger partial charge in [0, 0.05) is 11.1 Å². The van der Waals surface area contributed by atoms with Crippen molar-refractivity contribution < 1.29 is 0 Å². The fraction of sp³-hybridized carbons (Fsp3) is 0.222. The molecule has 0 aliphatic carbocycles. The van der Waals surface area contributed by atoms with Crippen LogP contribution in [0.1, 0.15) is 26.6 Å². The second kappa shape index (κ2) is 5.08. The zero-order valence-corrected chi connectivity index (χ0v) is 13.3. The summed E-state index contributed by atoms with van der Waals surface area (Å²) in [6, 6.07) is 16.7. The van der Waals surface area contributed by atoms with Crippen molar-refractivity contribution in [1.29, 1.82) is 0 Å². The lowest BCUT2D eigenvalue weighted by Crippen LogP contribution is -2.16. The van der Waals surface area contributed by atoms with Gasteiger partial charge in [-0.2, -0.15) is 0 Å². The summed E-state index contributed by atoms with van der Waals surface area (Å²) in [5.74, 6) is 0.915. The molecule has 3 aromatic rings. The number of rotatable bonds is 1. The molecule has 1 heterocycles. The van der Waals surface area contributed by atoms with E-state index < -0.39 is 0 Å². The molecule has 0 saturated heterocycles. The molecule has 0 aliphatic heterocycles. The molecule has 3 rings (SSSR count). The molecule has 0 spiro atoms. The van der Waals surface area contributed by atoms with Crippen LogP contribution in [-0.4, -0.2) is 9.97 Å². The number of nitrogens with zero attached hydrogens (tertiary/aromatic N) is 1. The highest BCUT2D eigenvalue weighted by atomic mass is 32.1. The first-order valence-corrected chi connectivity index (χ1v) is 7.45. The number of fused-ring (bicyclic) bond motifs is 1. The van der Waals surface area contributed by atoms with Crippen LogP contribution in [0.15, 0.2) is 48.5 Å². The van der Waals surface area contributed by atoms with Crippen LogP contribution in [0.2, 0.25) is 0 Å². The smallest absolute Gasteiger partial charge is 0.130 e. The van der Waals surface area contributed by atoms with E-state index in [1.54, 1.807) is 0 Å². The Balaban J connectivity index is 2.18. The first-order valence-electron chi connectivity index (χ1n) is 7.04. The second-order valence-corrected chi connectivity index (χ2v) is 6.71. The molecule has 0 aliphatic rings. The molecular weight excluding hydrogens is 276 g/mol. The molecule has 1 N–H and O–H groups in total. The molecule has 21 heavy (non-hydrogen) atoms. The fourth-order valence-electron chi connectivity index (χ4n) is 2.33. The van der Waals surface area contributed by atoms with Gasteiger partial charge in [-0.25, -0.2) is 4.98 Å². The highest BCUT2D eigenvalue weighted by Gasteiger charge is 2.17. The summed E-state index contributed by atoms with van der Waals surface area (Å²) < 4.78 is 0.627. The Bertz CT molecular complexity index is 857. The first kappa shape index (κ1) is 14.0. The molecule has 106 valence electrons. The molecule has 0 bridgehead atoms. The number of hydrogen-bond acceptors (Lipinski definition) is 2. The third kappa shape index (κ3) is 2.88. The molecule has 1 aromatic heterocycles. The molecular formula is C18H18N2S. The predicted molar refractivity (Wildman–Crippen MR) is 91.1 cm³/mol. The fourth-order valence-corrected chi connectivity index (χ4v) is 2.53. The first-order chi connectivity index (χ1) is 9.93. The van der Waals surface area contributed by atoms with Crippen molar-refractivity contribution in [3.05, 3.63) is 59.0 Å². The quantitative estimate of drug-likeness (QED) is 0.620. The van der Waals surface area contributed by atoms with E-state index in [0.29, 0.717) is 4.64 Å². The predicted octanol–water partition coefficient (Wildman–Crippen LogP) is 5.26.